The molecule has 0 amide bonds. The van der Waals surface area contributed by atoms with Crippen LogP contribution in [0.4, 0.5) is 0 Å². The molecule has 2 nitrogen and oxygen atoms in total. The SMILES string of the molecule is SCC[NH+]1CCOCC1. The minimum absolute atomic E-state index is 0.934. The van der Waals surface area contributed by atoms with Crippen molar-refractivity contribution in [1.82, 2.24) is 0 Å². The summed E-state index contributed by atoms with van der Waals surface area (Å²) >= 11 is 4.17. The van der Waals surface area contributed by atoms with Crippen LogP contribution < -0.4 is 4.90 Å². The molecule has 1 fully saturated rings. The van der Waals surface area contributed by atoms with Gasteiger partial charge in [0.05, 0.1) is 19.8 Å². The van der Waals surface area contributed by atoms with Gasteiger partial charge in [0, 0.05) is 5.75 Å². The third kappa shape index (κ3) is 2.56. The zero-order chi connectivity index (χ0) is 6.53. The highest BCUT2D eigenvalue weighted by Crippen LogP contribution is 1.75. The Morgan fingerprint density at radius 2 is 2.00 bits per heavy atom. The fraction of sp³-hybridized carbons (Fsp3) is 1.00. The first-order chi connectivity index (χ1) is 4.43. The first-order valence-corrected chi connectivity index (χ1v) is 4.09. The van der Waals surface area contributed by atoms with E-state index < -0.39 is 0 Å². The molecule has 9 heavy (non-hydrogen) atoms. The molecule has 0 aromatic carbocycles. The Labute approximate surface area is 61.6 Å². The zero-order valence-corrected chi connectivity index (χ0v) is 6.49. The average molecular weight is 148 g/mol. The lowest BCUT2D eigenvalue weighted by Crippen LogP contribution is -3.14. The molecule has 0 aromatic heterocycles. The van der Waals surface area contributed by atoms with Gasteiger partial charge in [0.1, 0.15) is 13.1 Å². The van der Waals surface area contributed by atoms with Crippen LogP contribution in [0.25, 0.3) is 0 Å². The molecule has 0 unspecified atom stereocenters. The molecular weight excluding hydrogens is 134 g/mol. The van der Waals surface area contributed by atoms with Gasteiger partial charge in [-0.15, -0.1) is 0 Å². The summed E-state index contributed by atoms with van der Waals surface area (Å²) in [5.74, 6) is 0.995. The van der Waals surface area contributed by atoms with Crippen LogP contribution in [0.15, 0.2) is 0 Å². The van der Waals surface area contributed by atoms with Gasteiger partial charge < -0.3 is 9.64 Å². The van der Waals surface area contributed by atoms with E-state index in [0.29, 0.717) is 0 Å². The summed E-state index contributed by atoms with van der Waals surface area (Å²) in [6.07, 6.45) is 0. The van der Waals surface area contributed by atoms with E-state index in [2.05, 4.69) is 12.6 Å². The van der Waals surface area contributed by atoms with Crippen LogP contribution in [0.3, 0.4) is 0 Å². The number of nitrogens with one attached hydrogen (secondary N) is 1. The Morgan fingerprint density at radius 1 is 1.33 bits per heavy atom. The predicted molar refractivity (Wildman–Crippen MR) is 40.2 cm³/mol. The molecule has 1 saturated heterocycles. The summed E-state index contributed by atoms with van der Waals surface area (Å²) in [5, 5.41) is 0. The quantitative estimate of drug-likeness (QED) is 0.471. The number of quaternary nitrogens is 1. The maximum atomic E-state index is 5.20. The monoisotopic (exact) mass is 148 g/mol. The van der Waals surface area contributed by atoms with E-state index in [-0.39, 0.29) is 0 Å². The number of hydrogen-bond acceptors (Lipinski definition) is 2. The van der Waals surface area contributed by atoms with Gasteiger partial charge >= 0.3 is 0 Å². The van der Waals surface area contributed by atoms with Gasteiger partial charge in [-0.3, -0.25) is 0 Å². The minimum Gasteiger partial charge on any atom is -0.370 e. The van der Waals surface area contributed by atoms with E-state index in [1.54, 1.807) is 4.90 Å². The van der Waals surface area contributed by atoms with Gasteiger partial charge in [-0.1, -0.05) is 0 Å². The first-order valence-electron chi connectivity index (χ1n) is 3.45. The van der Waals surface area contributed by atoms with Crippen LogP contribution in [-0.4, -0.2) is 38.6 Å². The van der Waals surface area contributed by atoms with E-state index in [4.69, 9.17) is 4.74 Å². The van der Waals surface area contributed by atoms with Crippen molar-refractivity contribution in [2.45, 2.75) is 0 Å². The lowest BCUT2D eigenvalue weighted by atomic mass is 10.4. The topological polar surface area (TPSA) is 13.7 Å². The summed E-state index contributed by atoms with van der Waals surface area (Å²) in [5.41, 5.74) is 0. The van der Waals surface area contributed by atoms with Crippen LogP contribution >= 0.6 is 12.6 Å². The Morgan fingerprint density at radius 3 is 2.56 bits per heavy atom. The van der Waals surface area contributed by atoms with Gasteiger partial charge in [-0.25, -0.2) is 0 Å². The third-order valence-electron chi connectivity index (χ3n) is 1.67. The fourth-order valence-electron chi connectivity index (χ4n) is 1.07. The average Bonchev–Trinajstić information content (AvgIpc) is 1.91. The van der Waals surface area contributed by atoms with E-state index in [0.717, 1.165) is 19.0 Å². The zero-order valence-electron chi connectivity index (χ0n) is 5.60. The van der Waals surface area contributed by atoms with Crippen molar-refractivity contribution in [2.75, 3.05) is 38.6 Å². The highest BCUT2D eigenvalue weighted by Gasteiger charge is 2.11. The normalized spacial score (nSPS) is 22.3. The standard InChI is InChI=1S/C6H13NOS/c9-6-3-7-1-4-8-5-2-7/h9H,1-6H2/p+1. The van der Waals surface area contributed by atoms with Crippen molar-refractivity contribution in [3.05, 3.63) is 0 Å². The molecule has 1 rings (SSSR count). The molecule has 0 saturated carbocycles. The second kappa shape index (κ2) is 4.14. The number of morpholine rings is 1. The van der Waals surface area contributed by atoms with Crippen LogP contribution in [0, 0.1) is 0 Å². The van der Waals surface area contributed by atoms with Crippen LogP contribution in [0.1, 0.15) is 0 Å². The highest BCUT2D eigenvalue weighted by molar-refractivity contribution is 7.80. The number of hydrogen-bond donors (Lipinski definition) is 2. The van der Waals surface area contributed by atoms with Crippen molar-refractivity contribution in [3.8, 4) is 0 Å². The molecule has 0 spiro atoms. The first kappa shape index (κ1) is 7.38. The lowest BCUT2D eigenvalue weighted by molar-refractivity contribution is -0.905. The van der Waals surface area contributed by atoms with Crippen molar-refractivity contribution in [3.63, 3.8) is 0 Å². The molecule has 1 heterocycles. The maximum absolute atomic E-state index is 5.20. The second-order valence-corrected chi connectivity index (χ2v) is 2.78. The number of rotatable bonds is 2. The van der Waals surface area contributed by atoms with E-state index >= 15 is 0 Å². The van der Waals surface area contributed by atoms with Gasteiger partial charge in [-0.2, -0.15) is 12.6 Å². The van der Waals surface area contributed by atoms with E-state index in [1.165, 1.54) is 19.6 Å². The minimum atomic E-state index is 0.934. The molecule has 1 aliphatic heterocycles. The second-order valence-electron chi connectivity index (χ2n) is 2.34. The summed E-state index contributed by atoms with van der Waals surface area (Å²) in [7, 11) is 0. The summed E-state index contributed by atoms with van der Waals surface area (Å²) in [6, 6.07) is 0. The Bertz CT molecular complexity index is 70.7. The molecule has 0 atom stereocenters. The van der Waals surface area contributed by atoms with Gasteiger partial charge in [0.2, 0.25) is 0 Å². The predicted octanol–water partition coefficient (Wildman–Crippen LogP) is -1.17. The molecule has 1 aliphatic rings. The van der Waals surface area contributed by atoms with Crippen molar-refractivity contribution in [1.29, 1.82) is 0 Å². The molecule has 1 N–H and O–H groups in total. The summed E-state index contributed by atoms with van der Waals surface area (Å²) < 4.78 is 5.20. The molecule has 0 aliphatic carbocycles. The largest absolute Gasteiger partial charge is 0.370 e. The molecule has 54 valence electrons. The molecular formula is C6H14NOS+. The molecule has 0 radical (unpaired) electrons. The third-order valence-corrected chi connectivity index (χ3v) is 1.89. The molecule has 0 bridgehead atoms. The fourth-order valence-corrected chi connectivity index (χ4v) is 1.38. The Kier molecular flexibility index (Phi) is 3.40. The number of ether oxygens (including phenoxy) is 1. The summed E-state index contributed by atoms with van der Waals surface area (Å²) in [4.78, 5) is 1.64. The van der Waals surface area contributed by atoms with Gasteiger partial charge in [-0.05, 0) is 0 Å². The van der Waals surface area contributed by atoms with Crippen LogP contribution in [-0.2, 0) is 4.74 Å². The van der Waals surface area contributed by atoms with E-state index in [9.17, 15) is 0 Å². The Hall–Kier alpha value is 0.270. The lowest BCUT2D eigenvalue weighted by Gasteiger charge is -2.22. The smallest absolute Gasteiger partial charge is 0.101 e. The van der Waals surface area contributed by atoms with Crippen molar-refractivity contribution in [2.24, 2.45) is 0 Å². The number of thiol groups is 1. The molecule has 0 aromatic rings. The van der Waals surface area contributed by atoms with Crippen LogP contribution in [0.5, 0.6) is 0 Å². The molecule has 3 heteroatoms. The van der Waals surface area contributed by atoms with Crippen molar-refractivity contribution >= 4 is 12.6 Å². The van der Waals surface area contributed by atoms with Crippen molar-refractivity contribution < 1.29 is 9.64 Å². The highest BCUT2D eigenvalue weighted by atomic mass is 32.1. The Balaban J connectivity index is 2.08. The van der Waals surface area contributed by atoms with Gasteiger partial charge in [0.25, 0.3) is 0 Å². The summed E-state index contributed by atoms with van der Waals surface area (Å²) in [6.45, 7) is 5.39. The van der Waals surface area contributed by atoms with Crippen LogP contribution in [0.2, 0.25) is 0 Å². The van der Waals surface area contributed by atoms with Gasteiger partial charge in [0.15, 0.2) is 0 Å². The van der Waals surface area contributed by atoms with E-state index in [1.807, 2.05) is 0 Å². The maximum Gasteiger partial charge on any atom is 0.101 e.